The van der Waals surface area contributed by atoms with E-state index in [4.69, 9.17) is 9.84 Å². The van der Waals surface area contributed by atoms with Crippen molar-refractivity contribution in [1.82, 2.24) is 4.57 Å². The molecular formula is C11H15NO4. The van der Waals surface area contributed by atoms with Crippen molar-refractivity contribution in [1.29, 1.82) is 0 Å². The van der Waals surface area contributed by atoms with Gasteiger partial charge in [-0.05, 0) is 25.0 Å². The van der Waals surface area contributed by atoms with Crippen LogP contribution in [-0.2, 0) is 11.3 Å². The van der Waals surface area contributed by atoms with E-state index in [1.807, 2.05) is 0 Å². The van der Waals surface area contributed by atoms with Gasteiger partial charge in [-0.2, -0.15) is 0 Å². The van der Waals surface area contributed by atoms with Gasteiger partial charge in [-0.3, -0.25) is 4.79 Å². The Balaban J connectivity index is 3.00. The van der Waals surface area contributed by atoms with Crippen molar-refractivity contribution in [3.05, 3.63) is 33.7 Å². The molecule has 0 aliphatic carbocycles. The minimum Gasteiger partial charge on any atom is -0.477 e. The van der Waals surface area contributed by atoms with Gasteiger partial charge >= 0.3 is 5.97 Å². The third-order valence-electron chi connectivity index (χ3n) is 2.33. The monoisotopic (exact) mass is 225 g/mol. The van der Waals surface area contributed by atoms with Gasteiger partial charge < -0.3 is 14.4 Å². The molecule has 1 aromatic heterocycles. The maximum absolute atomic E-state index is 11.8. The third-order valence-corrected chi connectivity index (χ3v) is 2.33. The SMILES string of the molecule is COCCCn1ccc(C)c(C(=O)O)c1=O. The summed E-state index contributed by atoms with van der Waals surface area (Å²) in [5.74, 6) is -1.18. The number of aryl methyl sites for hydroxylation is 2. The summed E-state index contributed by atoms with van der Waals surface area (Å²) in [6.07, 6.45) is 2.29. The Morgan fingerprint density at radius 2 is 2.25 bits per heavy atom. The summed E-state index contributed by atoms with van der Waals surface area (Å²) >= 11 is 0. The number of hydrogen-bond acceptors (Lipinski definition) is 3. The zero-order chi connectivity index (χ0) is 12.1. The lowest BCUT2D eigenvalue weighted by atomic mass is 10.1. The molecule has 1 heterocycles. The minimum absolute atomic E-state index is 0.153. The molecule has 0 fully saturated rings. The van der Waals surface area contributed by atoms with Crippen LogP contribution in [0.3, 0.4) is 0 Å². The predicted molar refractivity (Wildman–Crippen MR) is 58.9 cm³/mol. The Hall–Kier alpha value is -1.62. The summed E-state index contributed by atoms with van der Waals surface area (Å²) in [6.45, 7) is 2.63. The van der Waals surface area contributed by atoms with E-state index in [-0.39, 0.29) is 5.56 Å². The molecule has 0 aliphatic heterocycles. The summed E-state index contributed by atoms with van der Waals surface area (Å²) in [6, 6.07) is 1.64. The first-order chi connectivity index (χ1) is 7.57. The number of carboxylic acid groups (broad SMARTS) is 1. The van der Waals surface area contributed by atoms with E-state index in [0.717, 1.165) is 0 Å². The fourth-order valence-corrected chi connectivity index (χ4v) is 1.48. The van der Waals surface area contributed by atoms with Crippen LogP contribution in [0.15, 0.2) is 17.1 Å². The van der Waals surface area contributed by atoms with Crippen molar-refractivity contribution in [3.63, 3.8) is 0 Å². The molecule has 0 aromatic carbocycles. The van der Waals surface area contributed by atoms with Crippen LogP contribution in [0.5, 0.6) is 0 Å². The zero-order valence-corrected chi connectivity index (χ0v) is 9.40. The lowest BCUT2D eigenvalue weighted by Crippen LogP contribution is -2.27. The third kappa shape index (κ3) is 2.70. The summed E-state index contributed by atoms with van der Waals surface area (Å²) in [7, 11) is 1.58. The van der Waals surface area contributed by atoms with Crippen LogP contribution in [0.1, 0.15) is 22.3 Å². The number of pyridine rings is 1. The molecule has 0 spiro atoms. The summed E-state index contributed by atoms with van der Waals surface area (Å²) in [5, 5.41) is 8.90. The Bertz CT molecular complexity index is 436. The second-order valence-corrected chi connectivity index (χ2v) is 3.52. The van der Waals surface area contributed by atoms with Gasteiger partial charge in [0.1, 0.15) is 5.56 Å². The normalized spacial score (nSPS) is 10.4. The summed E-state index contributed by atoms with van der Waals surface area (Å²) in [5.41, 5.74) is -0.121. The van der Waals surface area contributed by atoms with Gasteiger partial charge in [0, 0.05) is 26.5 Å². The zero-order valence-electron chi connectivity index (χ0n) is 9.40. The van der Waals surface area contributed by atoms with Crippen LogP contribution in [0, 0.1) is 6.92 Å². The van der Waals surface area contributed by atoms with Gasteiger partial charge in [0.25, 0.3) is 5.56 Å². The number of ether oxygens (including phenoxy) is 1. The second kappa shape index (κ2) is 5.46. The number of rotatable bonds is 5. The fraction of sp³-hybridized carbons (Fsp3) is 0.455. The van der Waals surface area contributed by atoms with Crippen LogP contribution in [-0.4, -0.2) is 29.4 Å². The summed E-state index contributed by atoms with van der Waals surface area (Å²) in [4.78, 5) is 22.7. The van der Waals surface area contributed by atoms with Crippen LogP contribution >= 0.6 is 0 Å². The fourth-order valence-electron chi connectivity index (χ4n) is 1.48. The molecule has 1 aromatic rings. The molecule has 16 heavy (non-hydrogen) atoms. The first-order valence-corrected chi connectivity index (χ1v) is 5.00. The first kappa shape index (κ1) is 12.4. The number of carbonyl (C=O) groups is 1. The van der Waals surface area contributed by atoms with Gasteiger partial charge in [0.15, 0.2) is 0 Å². The van der Waals surface area contributed by atoms with Crippen molar-refractivity contribution in [2.24, 2.45) is 0 Å². The lowest BCUT2D eigenvalue weighted by molar-refractivity contribution is 0.0693. The summed E-state index contributed by atoms with van der Waals surface area (Å²) < 4.78 is 6.27. The quantitative estimate of drug-likeness (QED) is 0.756. The van der Waals surface area contributed by atoms with Crippen molar-refractivity contribution in [2.75, 3.05) is 13.7 Å². The van der Waals surface area contributed by atoms with Gasteiger partial charge in [-0.1, -0.05) is 0 Å². The number of carboxylic acids is 1. The van der Waals surface area contributed by atoms with Crippen LogP contribution < -0.4 is 5.56 Å². The van der Waals surface area contributed by atoms with Gasteiger partial charge in [-0.25, -0.2) is 4.79 Å². The highest BCUT2D eigenvalue weighted by Crippen LogP contribution is 2.02. The van der Waals surface area contributed by atoms with Gasteiger partial charge in [0.05, 0.1) is 0 Å². The van der Waals surface area contributed by atoms with Crippen molar-refractivity contribution in [3.8, 4) is 0 Å². The molecule has 88 valence electrons. The molecule has 0 unspecified atom stereocenters. The molecule has 1 rings (SSSR count). The maximum atomic E-state index is 11.8. The number of nitrogens with zero attached hydrogens (tertiary/aromatic N) is 1. The van der Waals surface area contributed by atoms with E-state index >= 15 is 0 Å². The van der Waals surface area contributed by atoms with Crippen LogP contribution in [0.25, 0.3) is 0 Å². The molecule has 0 aliphatic rings. The average Bonchev–Trinajstić information content (AvgIpc) is 2.21. The van der Waals surface area contributed by atoms with Crippen molar-refractivity contribution in [2.45, 2.75) is 19.9 Å². The molecule has 0 saturated carbocycles. The van der Waals surface area contributed by atoms with E-state index in [2.05, 4.69) is 0 Å². The van der Waals surface area contributed by atoms with E-state index in [9.17, 15) is 9.59 Å². The second-order valence-electron chi connectivity index (χ2n) is 3.52. The highest BCUT2D eigenvalue weighted by molar-refractivity contribution is 5.88. The van der Waals surface area contributed by atoms with Gasteiger partial charge in [0.2, 0.25) is 0 Å². The lowest BCUT2D eigenvalue weighted by Gasteiger charge is -2.07. The molecule has 0 atom stereocenters. The van der Waals surface area contributed by atoms with Crippen molar-refractivity contribution < 1.29 is 14.6 Å². The number of hydrogen-bond donors (Lipinski definition) is 1. The highest BCUT2D eigenvalue weighted by Gasteiger charge is 2.13. The highest BCUT2D eigenvalue weighted by atomic mass is 16.5. The molecule has 0 bridgehead atoms. The number of methoxy groups -OCH3 is 1. The minimum atomic E-state index is -1.18. The Morgan fingerprint density at radius 1 is 1.56 bits per heavy atom. The van der Waals surface area contributed by atoms with Crippen LogP contribution in [0.4, 0.5) is 0 Å². The van der Waals surface area contributed by atoms with Gasteiger partial charge in [-0.15, -0.1) is 0 Å². The average molecular weight is 225 g/mol. The first-order valence-electron chi connectivity index (χ1n) is 5.00. The Labute approximate surface area is 93.3 Å². The molecule has 5 nitrogen and oxygen atoms in total. The maximum Gasteiger partial charge on any atom is 0.341 e. The topological polar surface area (TPSA) is 68.5 Å². The standard InChI is InChI=1S/C11H15NO4/c1-8-4-6-12(5-3-7-16-2)10(13)9(8)11(14)15/h4,6H,3,5,7H2,1-2H3,(H,14,15). The van der Waals surface area contributed by atoms with E-state index in [1.54, 1.807) is 26.3 Å². The smallest absolute Gasteiger partial charge is 0.341 e. The molecule has 1 N–H and O–H groups in total. The molecule has 0 radical (unpaired) electrons. The van der Waals surface area contributed by atoms with Crippen LogP contribution in [0.2, 0.25) is 0 Å². The molecular weight excluding hydrogens is 210 g/mol. The predicted octanol–water partition coefficient (Wildman–Crippen LogP) is 0.891. The Morgan fingerprint density at radius 3 is 2.81 bits per heavy atom. The largest absolute Gasteiger partial charge is 0.477 e. The number of aromatic nitrogens is 1. The number of aromatic carboxylic acids is 1. The van der Waals surface area contributed by atoms with E-state index in [1.165, 1.54) is 4.57 Å². The molecule has 0 saturated heterocycles. The van der Waals surface area contributed by atoms with Crippen molar-refractivity contribution >= 4 is 5.97 Å². The Kier molecular flexibility index (Phi) is 4.25. The van der Waals surface area contributed by atoms with E-state index < -0.39 is 11.5 Å². The molecule has 5 heteroatoms. The molecule has 0 amide bonds. The van der Waals surface area contributed by atoms with E-state index in [0.29, 0.717) is 25.1 Å².